The minimum atomic E-state index is -0.668. The normalized spacial score (nSPS) is 10.6. The van der Waals surface area contributed by atoms with Crippen LogP contribution < -0.4 is 5.32 Å². The van der Waals surface area contributed by atoms with Gasteiger partial charge in [0.25, 0.3) is 5.91 Å². The van der Waals surface area contributed by atoms with Crippen LogP contribution in [0.15, 0.2) is 22.7 Å². The maximum absolute atomic E-state index is 11.7. The van der Waals surface area contributed by atoms with Gasteiger partial charge >= 0.3 is 0 Å². The lowest BCUT2D eigenvalue weighted by molar-refractivity contribution is 0.0878. The quantitative estimate of drug-likeness (QED) is 0.782. The standard InChI is InChI=1S/C10H11BrClNO3/c11-9-2-1-6(12)3-8(9)10(16)13-7(4-14)5-15/h1-3,7,14-15H,4-5H2,(H,13,16). The van der Waals surface area contributed by atoms with E-state index < -0.39 is 11.9 Å². The molecular formula is C10H11BrClNO3. The summed E-state index contributed by atoms with van der Waals surface area (Å²) < 4.78 is 0.601. The SMILES string of the molecule is O=C(NC(CO)CO)c1cc(Cl)ccc1Br. The fraction of sp³-hybridized carbons (Fsp3) is 0.300. The first kappa shape index (κ1) is 13.4. The molecule has 4 nitrogen and oxygen atoms in total. The van der Waals surface area contributed by atoms with Gasteiger partial charge in [-0.2, -0.15) is 0 Å². The Bertz CT molecular complexity index is 382. The number of amides is 1. The predicted octanol–water partition coefficient (Wildman–Crippen LogP) is 1.19. The van der Waals surface area contributed by atoms with Crippen LogP contribution in [0.2, 0.25) is 5.02 Å². The molecule has 1 aromatic rings. The zero-order valence-corrected chi connectivity index (χ0v) is 10.6. The molecule has 0 aliphatic carbocycles. The average Bonchev–Trinajstić information content (AvgIpc) is 2.28. The van der Waals surface area contributed by atoms with Gasteiger partial charge in [0.15, 0.2) is 0 Å². The molecule has 0 aliphatic heterocycles. The van der Waals surface area contributed by atoms with Crippen molar-refractivity contribution in [3.63, 3.8) is 0 Å². The zero-order valence-electron chi connectivity index (χ0n) is 8.28. The Labute approximate surface area is 106 Å². The van der Waals surface area contributed by atoms with Crippen LogP contribution in [-0.4, -0.2) is 35.4 Å². The van der Waals surface area contributed by atoms with E-state index in [1.54, 1.807) is 12.1 Å². The van der Waals surface area contributed by atoms with E-state index in [4.69, 9.17) is 21.8 Å². The van der Waals surface area contributed by atoms with Gasteiger partial charge < -0.3 is 15.5 Å². The van der Waals surface area contributed by atoms with E-state index in [9.17, 15) is 4.79 Å². The van der Waals surface area contributed by atoms with E-state index in [-0.39, 0.29) is 13.2 Å². The van der Waals surface area contributed by atoms with Crippen molar-refractivity contribution in [3.05, 3.63) is 33.3 Å². The van der Waals surface area contributed by atoms with E-state index >= 15 is 0 Å². The van der Waals surface area contributed by atoms with Crippen LogP contribution in [0, 0.1) is 0 Å². The second kappa shape index (κ2) is 6.20. The molecule has 0 fully saturated rings. The average molecular weight is 309 g/mol. The molecule has 0 saturated carbocycles. The molecule has 0 saturated heterocycles. The van der Waals surface area contributed by atoms with Crippen molar-refractivity contribution in [1.29, 1.82) is 0 Å². The fourth-order valence-electron chi connectivity index (χ4n) is 1.08. The molecule has 0 bridgehead atoms. The largest absolute Gasteiger partial charge is 0.394 e. The van der Waals surface area contributed by atoms with Crippen LogP contribution in [0.5, 0.6) is 0 Å². The maximum Gasteiger partial charge on any atom is 0.252 e. The molecule has 0 heterocycles. The molecule has 0 atom stereocenters. The molecule has 6 heteroatoms. The number of aliphatic hydroxyl groups is 2. The Hall–Kier alpha value is -0.620. The highest BCUT2D eigenvalue weighted by Crippen LogP contribution is 2.21. The van der Waals surface area contributed by atoms with Gasteiger partial charge in [0.1, 0.15) is 0 Å². The number of carbonyl (C=O) groups excluding carboxylic acids is 1. The number of carbonyl (C=O) groups is 1. The highest BCUT2D eigenvalue weighted by molar-refractivity contribution is 9.10. The van der Waals surface area contributed by atoms with Crippen molar-refractivity contribution in [3.8, 4) is 0 Å². The smallest absolute Gasteiger partial charge is 0.252 e. The van der Waals surface area contributed by atoms with Gasteiger partial charge in [0, 0.05) is 9.50 Å². The lowest BCUT2D eigenvalue weighted by Crippen LogP contribution is -2.40. The second-order valence-electron chi connectivity index (χ2n) is 3.16. The number of hydrogen-bond donors (Lipinski definition) is 3. The van der Waals surface area contributed by atoms with Crippen LogP contribution >= 0.6 is 27.5 Å². The number of rotatable bonds is 4. The number of nitrogens with one attached hydrogen (secondary N) is 1. The molecule has 0 spiro atoms. The van der Waals surface area contributed by atoms with Crippen molar-refractivity contribution >= 4 is 33.4 Å². The predicted molar refractivity (Wildman–Crippen MR) is 64.6 cm³/mol. The summed E-state index contributed by atoms with van der Waals surface area (Å²) in [7, 11) is 0. The fourth-order valence-corrected chi connectivity index (χ4v) is 1.68. The van der Waals surface area contributed by atoms with Crippen molar-refractivity contribution in [2.75, 3.05) is 13.2 Å². The van der Waals surface area contributed by atoms with E-state index in [1.807, 2.05) is 0 Å². The Morgan fingerprint density at radius 3 is 2.62 bits per heavy atom. The summed E-state index contributed by atoms with van der Waals surface area (Å²) in [5.41, 5.74) is 0.361. The molecule has 0 aromatic heterocycles. The minimum absolute atomic E-state index is 0.319. The third kappa shape index (κ3) is 3.45. The van der Waals surface area contributed by atoms with Gasteiger partial charge in [-0.15, -0.1) is 0 Å². The van der Waals surface area contributed by atoms with Crippen LogP contribution in [0.3, 0.4) is 0 Å². The highest BCUT2D eigenvalue weighted by Gasteiger charge is 2.14. The van der Waals surface area contributed by atoms with Gasteiger partial charge in [-0.3, -0.25) is 4.79 Å². The van der Waals surface area contributed by atoms with Crippen molar-refractivity contribution in [2.45, 2.75) is 6.04 Å². The molecule has 0 unspecified atom stereocenters. The van der Waals surface area contributed by atoms with Crippen LogP contribution in [-0.2, 0) is 0 Å². The summed E-state index contributed by atoms with van der Waals surface area (Å²) in [6.07, 6.45) is 0. The minimum Gasteiger partial charge on any atom is -0.394 e. The Balaban J connectivity index is 2.83. The Morgan fingerprint density at radius 2 is 2.06 bits per heavy atom. The summed E-state index contributed by atoms with van der Waals surface area (Å²) in [4.78, 5) is 11.7. The van der Waals surface area contributed by atoms with Crippen LogP contribution in [0.4, 0.5) is 0 Å². The maximum atomic E-state index is 11.7. The summed E-state index contributed by atoms with van der Waals surface area (Å²) >= 11 is 8.99. The van der Waals surface area contributed by atoms with Gasteiger partial charge in [0.05, 0.1) is 24.8 Å². The number of benzene rings is 1. The first-order valence-electron chi connectivity index (χ1n) is 4.56. The molecule has 1 rings (SSSR count). The van der Waals surface area contributed by atoms with Gasteiger partial charge in [-0.25, -0.2) is 0 Å². The number of hydrogen-bond acceptors (Lipinski definition) is 3. The van der Waals surface area contributed by atoms with Gasteiger partial charge in [0.2, 0.25) is 0 Å². The molecule has 1 aromatic carbocycles. The molecule has 3 N–H and O–H groups in total. The van der Waals surface area contributed by atoms with Crippen LogP contribution in [0.1, 0.15) is 10.4 Å². The van der Waals surface area contributed by atoms with Crippen LogP contribution in [0.25, 0.3) is 0 Å². The summed E-state index contributed by atoms with van der Waals surface area (Å²) in [5, 5.41) is 20.6. The summed E-state index contributed by atoms with van der Waals surface area (Å²) in [6, 6.07) is 4.15. The van der Waals surface area contributed by atoms with E-state index in [1.165, 1.54) is 6.07 Å². The van der Waals surface area contributed by atoms with Crippen molar-refractivity contribution in [2.24, 2.45) is 0 Å². The molecule has 1 amide bonds. The molecule has 0 aliphatic rings. The van der Waals surface area contributed by atoms with E-state index in [0.29, 0.717) is 15.1 Å². The lowest BCUT2D eigenvalue weighted by atomic mass is 10.2. The van der Waals surface area contributed by atoms with Gasteiger partial charge in [-0.1, -0.05) is 11.6 Å². The highest BCUT2D eigenvalue weighted by atomic mass is 79.9. The topological polar surface area (TPSA) is 69.6 Å². The first-order valence-corrected chi connectivity index (χ1v) is 5.73. The van der Waals surface area contributed by atoms with E-state index in [2.05, 4.69) is 21.2 Å². The molecular weight excluding hydrogens is 297 g/mol. The molecule has 88 valence electrons. The van der Waals surface area contributed by atoms with Crippen molar-refractivity contribution in [1.82, 2.24) is 5.32 Å². The summed E-state index contributed by atoms with van der Waals surface area (Å²) in [5.74, 6) is -0.400. The molecule has 0 radical (unpaired) electrons. The number of halogens is 2. The zero-order chi connectivity index (χ0) is 12.1. The first-order chi connectivity index (χ1) is 7.58. The lowest BCUT2D eigenvalue weighted by Gasteiger charge is -2.14. The number of aliphatic hydroxyl groups excluding tert-OH is 2. The van der Waals surface area contributed by atoms with Gasteiger partial charge in [-0.05, 0) is 34.1 Å². The van der Waals surface area contributed by atoms with Crippen molar-refractivity contribution < 1.29 is 15.0 Å². The monoisotopic (exact) mass is 307 g/mol. The third-order valence-electron chi connectivity index (χ3n) is 1.95. The Kier molecular flexibility index (Phi) is 5.21. The second-order valence-corrected chi connectivity index (χ2v) is 4.45. The Morgan fingerprint density at radius 1 is 1.44 bits per heavy atom. The molecule has 16 heavy (non-hydrogen) atoms. The summed E-state index contributed by atoms with van der Waals surface area (Å²) in [6.45, 7) is -0.638. The third-order valence-corrected chi connectivity index (χ3v) is 2.88. The van der Waals surface area contributed by atoms with E-state index in [0.717, 1.165) is 0 Å².